The van der Waals surface area contributed by atoms with Gasteiger partial charge in [-0.2, -0.15) is 0 Å². The standard InChI is InChI=1S/C20H21NO4/c1-12-17-9-4-5-10-18(17)25-19(12)20(23)24-13(2)15-7-6-8-16(11-15)21-14(3)22/h4-13,19H,1-3H3,(H,21,22)/t12-,13+,19+/m1/s1. The van der Waals surface area contributed by atoms with Gasteiger partial charge in [0.2, 0.25) is 12.0 Å². The van der Waals surface area contributed by atoms with Gasteiger partial charge in [0.1, 0.15) is 11.9 Å². The molecule has 2 aromatic rings. The van der Waals surface area contributed by atoms with Gasteiger partial charge < -0.3 is 14.8 Å². The molecule has 0 unspecified atom stereocenters. The van der Waals surface area contributed by atoms with E-state index < -0.39 is 12.2 Å². The van der Waals surface area contributed by atoms with Crippen molar-refractivity contribution in [1.29, 1.82) is 0 Å². The molecule has 2 aromatic carbocycles. The molecule has 5 nitrogen and oxygen atoms in total. The Bertz CT molecular complexity index is 802. The topological polar surface area (TPSA) is 64.6 Å². The zero-order chi connectivity index (χ0) is 18.0. The van der Waals surface area contributed by atoms with Gasteiger partial charge in [0.15, 0.2) is 0 Å². The van der Waals surface area contributed by atoms with Crippen molar-refractivity contribution in [3.63, 3.8) is 0 Å². The Labute approximate surface area is 147 Å². The highest BCUT2D eigenvalue weighted by Gasteiger charge is 2.38. The van der Waals surface area contributed by atoms with Crippen LogP contribution in [0.2, 0.25) is 0 Å². The molecule has 1 amide bonds. The number of rotatable bonds is 4. The minimum absolute atomic E-state index is 0.0541. The Kier molecular flexibility index (Phi) is 4.74. The second kappa shape index (κ2) is 6.97. The summed E-state index contributed by atoms with van der Waals surface area (Å²) in [6.45, 7) is 5.21. The summed E-state index contributed by atoms with van der Waals surface area (Å²) in [5, 5.41) is 2.72. The highest BCUT2D eigenvalue weighted by atomic mass is 16.6. The molecule has 0 spiro atoms. The number of nitrogens with one attached hydrogen (secondary N) is 1. The lowest BCUT2D eigenvalue weighted by molar-refractivity contribution is -0.157. The molecule has 1 aliphatic rings. The van der Waals surface area contributed by atoms with Crippen LogP contribution >= 0.6 is 0 Å². The van der Waals surface area contributed by atoms with Crippen molar-refractivity contribution in [2.24, 2.45) is 0 Å². The molecule has 130 valence electrons. The molecule has 1 heterocycles. The molecule has 3 atom stereocenters. The first kappa shape index (κ1) is 17.0. The second-order valence-corrected chi connectivity index (χ2v) is 6.25. The average Bonchev–Trinajstić information content (AvgIpc) is 2.92. The van der Waals surface area contributed by atoms with Crippen LogP contribution in [0.15, 0.2) is 48.5 Å². The number of hydrogen-bond donors (Lipinski definition) is 1. The maximum absolute atomic E-state index is 12.6. The lowest BCUT2D eigenvalue weighted by Crippen LogP contribution is -2.30. The maximum Gasteiger partial charge on any atom is 0.348 e. The molecule has 0 bridgehead atoms. The van der Waals surface area contributed by atoms with Crippen LogP contribution in [-0.2, 0) is 14.3 Å². The first-order valence-electron chi connectivity index (χ1n) is 8.29. The van der Waals surface area contributed by atoms with E-state index in [0.29, 0.717) is 5.69 Å². The Morgan fingerprint density at radius 3 is 2.64 bits per heavy atom. The van der Waals surface area contributed by atoms with Crippen molar-refractivity contribution in [1.82, 2.24) is 0 Å². The van der Waals surface area contributed by atoms with Crippen LogP contribution in [0.3, 0.4) is 0 Å². The van der Waals surface area contributed by atoms with Crippen molar-refractivity contribution in [2.75, 3.05) is 5.32 Å². The molecule has 0 saturated heterocycles. The second-order valence-electron chi connectivity index (χ2n) is 6.25. The number of anilines is 1. The van der Waals surface area contributed by atoms with Crippen LogP contribution in [-0.4, -0.2) is 18.0 Å². The number of fused-ring (bicyclic) bond motifs is 1. The third-order valence-corrected chi connectivity index (χ3v) is 4.32. The van der Waals surface area contributed by atoms with Gasteiger partial charge >= 0.3 is 5.97 Å². The number of para-hydroxylation sites is 1. The average molecular weight is 339 g/mol. The molecule has 1 N–H and O–H groups in total. The lowest BCUT2D eigenvalue weighted by atomic mass is 9.98. The summed E-state index contributed by atoms with van der Waals surface area (Å²) in [5.41, 5.74) is 2.50. The molecule has 5 heteroatoms. The molecule has 1 aliphatic heterocycles. The summed E-state index contributed by atoms with van der Waals surface area (Å²) in [6.07, 6.45) is -1.08. The van der Waals surface area contributed by atoms with Crippen molar-refractivity contribution in [2.45, 2.75) is 38.9 Å². The monoisotopic (exact) mass is 339 g/mol. The lowest BCUT2D eigenvalue weighted by Gasteiger charge is -2.19. The number of ether oxygens (including phenoxy) is 2. The predicted molar refractivity (Wildman–Crippen MR) is 94.5 cm³/mol. The summed E-state index contributed by atoms with van der Waals surface area (Å²) >= 11 is 0. The largest absolute Gasteiger partial charge is 0.478 e. The first-order chi connectivity index (χ1) is 12.0. The Morgan fingerprint density at radius 2 is 1.92 bits per heavy atom. The molecule has 0 fully saturated rings. The summed E-state index contributed by atoms with van der Waals surface area (Å²) in [7, 11) is 0. The fourth-order valence-electron chi connectivity index (χ4n) is 3.00. The summed E-state index contributed by atoms with van der Waals surface area (Å²) in [6, 6.07) is 14.9. The number of amides is 1. The van der Waals surface area contributed by atoms with E-state index >= 15 is 0 Å². The fourth-order valence-corrected chi connectivity index (χ4v) is 3.00. The molecule has 0 aromatic heterocycles. The molecular weight excluding hydrogens is 318 g/mol. The van der Waals surface area contributed by atoms with E-state index in [2.05, 4.69) is 5.32 Å². The third-order valence-electron chi connectivity index (χ3n) is 4.32. The van der Waals surface area contributed by atoms with Crippen LogP contribution in [0.25, 0.3) is 0 Å². The molecule has 3 rings (SSSR count). The maximum atomic E-state index is 12.6. The van der Waals surface area contributed by atoms with Crippen molar-refractivity contribution >= 4 is 17.6 Å². The van der Waals surface area contributed by atoms with Crippen LogP contribution in [0, 0.1) is 0 Å². The summed E-state index contributed by atoms with van der Waals surface area (Å²) in [5.74, 6) is 0.146. The molecular formula is C20H21NO4. The predicted octanol–water partition coefficient (Wildman–Crippen LogP) is 3.81. The number of hydrogen-bond acceptors (Lipinski definition) is 4. The SMILES string of the molecule is CC(=O)Nc1cccc([C@H](C)OC(=O)[C@H]2Oc3ccccc3[C@H]2C)c1. The van der Waals surface area contributed by atoms with Gasteiger partial charge in [0.25, 0.3) is 0 Å². The van der Waals surface area contributed by atoms with Gasteiger partial charge in [-0.3, -0.25) is 4.79 Å². The van der Waals surface area contributed by atoms with E-state index in [0.717, 1.165) is 16.9 Å². The van der Waals surface area contributed by atoms with E-state index in [1.54, 1.807) is 19.1 Å². The zero-order valence-corrected chi connectivity index (χ0v) is 14.5. The highest BCUT2D eigenvalue weighted by Crippen LogP contribution is 2.38. The fraction of sp³-hybridized carbons (Fsp3) is 0.300. The van der Waals surface area contributed by atoms with E-state index in [1.165, 1.54) is 6.92 Å². The third kappa shape index (κ3) is 3.65. The molecule has 0 radical (unpaired) electrons. The van der Waals surface area contributed by atoms with Crippen molar-refractivity contribution < 1.29 is 19.1 Å². The van der Waals surface area contributed by atoms with Crippen LogP contribution in [0.5, 0.6) is 5.75 Å². The minimum atomic E-state index is -0.640. The summed E-state index contributed by atoms with van der Waals surface area (Å²) < 4.78 is 11.4. The number of carbonyl (C=O) groups is 2. The smallest absolute Gasteiger partial charge is 0.348 e. The van der Waals surface area contributed by atoms with E-state index in [4.69, 9.17) is 9.47 Å². The van der Waals surface area contributed by atoms with E-state index in [9.17, 15) is 9.59 Å². The van der Waals surface area contributed by atoms with Gasteiger partial charge in [0, 0.05) is 24.1 Å². The number of carbonyl (C=O) groups excluding carboxylic acids is 2. The van der Waals surface area contributed by atoms with Gasteiger partial charge in [-0.1, -0.05) is 37.3 Å². The van der Waals surface area contributed by atoms with Crippen molar-refractivity contribution in [3.05, 3.63) is 59.7 Å². The van der Waals surface area contributed by atoms with E-state index in [1.807, 2.05) is 43.3 Å². The van der Waals surface area contributed by atoms with Gasteiger partial charge in [0.05, 0.1) is 0 Å². The Hall–Kier alpha value is -2.82. The van der Waals surface area contributed by atoms with Gasteiger partial charge in [-0.15, -0.1) is 0 Å². The van der Waals surface area contributed by atoms with Crippen LogP contribution in [0.4, 0.5) is 5.69 Å². The normalized spacial score (nSPS) is 19.5. The minimum Gasteiger partial charge on any atom is -0.478 e. The molecule has 25 heavy (non-hydrogen) atoms. The molecule has 0 saturated carbocycles. The number of esters is 1. The Balaban J connectivity index is 1.68. The van der Waals surface area contributed by atoms with E-state index in [-0.39, 0.29) is 17.8 Å². The quantitative estimate of drug-likeness (QED) is 0.860. The highest BCUT2D eigenvalue weighted by molar-refractivity contribution is 5.88. The molecule has 0 aliphatic carbocycles. The van der Waals surface area contributed by atoms with Crippen molar-refractivity contribution in [3.8, 4) is 5.75 Å². The zero-order valence-electron chi connectivity index (χ0n) is 14.5. The Morgan fingerprint density at radius 1 is 1.16 bits per heavy atom. The van der Waals surface area contributed by atoms with Gasteiger partial charge in [-0.05, 0) is 30.7 Å². The van der Waals surface area contributed by atoms with Gasteiger partial charge in [-0.25, -0.2) is 4.79 Å². The number of benzene rings is 2. The van der Waals surface area contributed by atoms with Crippen LogP contribution in [0.1, 0.15) is 43.9 Å². The van der Waals surface area contributed by atoms with Crippen LogP contribution < -0.4 is 10.1 Å². The summed E-state index contributed by atoms with van der Waals surface area (Å²) in [4.78, 5) is 23.7. The first-order valence-corrected chi connectivity index (χ1v) is 8.29.